The topological polar surface area (TPSA) is 77.8 Å². The molecule has 1 saturated heterocycles. The van der Waals surface area contributed by atoms with Crippen molar-refractivity contribution in [3.05, 3.63) is 30.3 Å². The van der Waals surface area contributed by atoms with Crippen LogP contribution in [-0.2, 0) is 4.79 Å². The van der Waals surface area contributed by atoms with Crippen molar-refractivity contribution >= 4 is 34.7 Å². The summed E-state index contributed by atoms with van der Waals surface area (Å²) in [5.41, 5.74) is -0.451. The molecule has 28 heavy (non-hydrogen) atoms. The smallest absolute Gasteiger partial charge is 0.364 e. The van der Waals surface area contributed by atoms with Gasteiger partial charge in [0.2, 0.25) is 5.91 Å². The van der Waals surface area contributed by atoms with E-state index in [0.717, 1.165) is 68.1 Å². The zero-order valence-corrected chi connectivity index (χ0v) is 17.9. The van der Waals surface area contributed by atoms with Crippen LogP contribution in [0.15, 0.2) is 35.2 Å². The van der Waals surface area contributed by atoms with Gasteiger partial charge in [-0.1, -0.05) is 42.8 Å². The minimum absolute atomic E-state index is 0.231. The van der Waals surface area contributed by atoms with E-state index < -0.39 is 10.7 Å². The van der Waals surface area contributed by atoms with E-state index >= 15 is 0 Å². The van der Waals surface area contributed by atoms with Gasteiger partial charge in [-0.3, -0.25) is 4.79 Å². The molecule has 7 heteroatoms. The van der Waals surface area contributed by atoms with E-state index in [1.165, 1.54) is 11.8 Å². The van der Waals surface area contributed by atoms with Crippen LogP contribution < -0.4 is 0 Å². The van der Waals surface area contributed by atoms with Gasteiger partial charge in [0.25, 0.3) is 0 Å². The molecule has 5 nitrogen and oxygen atoms in total. The highest BCUT2D eigenvalue weighted by Gasteiger charge is 2.27. The molecule has 2 N–H and O–H groups in total. The Bertz CT molecular complexity index is 599. The number of rotatable bonds is 12. The van der Waals surface area contributed by atoms with Gasteiger partial charge in [0.05, 0.1) is 0 Å². The molecule has 0 spiro atoms. The fourth-order valence-corrected chi connectivity index (χ4v) is 4.95. The van der Waals surface area contributed by atoms with Crippen molar-refractivity contribution in [3.63, 3.8) is 0 Å². The summed E-state index contributed by atoms with van der Waals surface area (Å²) in [6.45, 7) is 0.775. The molecule has 1 aromatic rings. The number of aliphatic hydroxyl groups is 1. The number of benzene rings is 1. The second-order valence-corrected chi connectivity index (χ2v) is 9.42. The van der Waals surface area contributed by atoms with Crippen LogP contribution in [0.3, 0.4) is 0 Å². The van der Waals surface area contributed by atoms with Crippen molar-refractivity contribution < 1.29 is 19.8 Å². The average Bonchev–Trinajstić information content (AvgIpc) is 2.67. The first-order chi connectivity index (χ1) is 13.6. The van der Waals surface area contributed by atoms with E-state index in [1.54, 1.807) is 0 Å². The van der Waals surface area contributed by atoms with Crippen molar-refractivity contribution in [3.8, 4) is 0 Å². The molecule has 1 aromatic carbocycles. The molecular formula is C21H31NO4S2. The van der Waals surface area contributed by atoms with Crippen LogP contribution in [0, 0.1) is 0 Å². The predicted octanol–water partition coefficient (Wildman–Crippen LogP) is 5.23. The van der Waals surface area contributed by atoms with Gasteiger partial charge in [0, 0.05) is 29.7 Å². The van der Waals surface area contributed by atoms with Crippen LogP contribution in [0.4, 0.5) is 4.79 Å². The highest BCUT2D eigenvalue weighted by atomic mass is 32.2. The van der Waals surface area contributed by atoms with Gasteiger partial charge >= 0.3 is 5.30 Å². The summed E-state index contributed by atoms with van der Waals surface area (Å²) < 4.78 is 0. The van der Waals surface area contributed by atoms with Crippen LogP contribution in [0.2, 0.25) is 0 Å². The summed E-state index contributed by atoms with van der Waals surface area (Å²) >= 11 is 2.43. The molecule has 0 bridgehead atoms. The zero-order chi connectivity index (χ0) is 20.2. The largest absolute Gasteiger partial charge is 0.473 e. The Morgan fingerprint density at radius 3 is 2.68 bits per heavy atom. The second kappa shape index (κ2) is 13.1. The van der Waals surface area contributed by atoms with Crippen LogP contribution in [0.1, 0.15) is 57.8 Å². The van der Waals surface area contributed by atoms with Crippen molar-refractivity contribution in [2.45, 2.75) is 74.2 Å². The lowest BCUT2D eigenvalue weighted by molar-refractivity contribution is -0.136. The van der Waals surface area contributed by atoms with Crippen LogP contribution >= 0.6 is 23.5 Å². The SMILES string of the molecule is O=C(O)SCCCCCCN1C(=O)CCC[C@@H]1CCC(O)Sc1ccccc1. The van der Waals surface area contributed by atoms with Gasteiger partial charge in [-0.15, -0.1) is 0 Å². The Labute approximate surface area is 176 Å². The minimum atomic E-state index is -0.811. The molecule has 1 fully saturated rings. The molecule has 156 valence electrons. The Hall–Kier alpha value is -1.18. The summed E-state index contributed by atoms with van der Waals surface area (Å²) in [6, 6.07) is 10.1. The van der Waals surface area contributed by atoms with Gasteiger partial charge in [-0.05, 0) is 62.4 Å². The molecule has 1 aliphatic rings. The molecule has 1 aliphatic heterocycles. The van der Waals surface area contributed by atoms with Crippen molar-refractivity contribution in [1.29, 1.82) is 0 Å². The maximum absolute atomic E-state index is 12.4. The molecule has 0 aromatic heterocycles. The van der Waals surface area contributed by atoms with E-state index in [2.05, 4.69) is 0 Å². The Morgan fingerprint density at radius 1 is 1.18 bits per heavy atom. The number of hydrogen-bond acceptors (Lipinski definition) is 5. The summed E-state index contributed by atoms with van der Waals surface area (Å²) in [5, 5.41) is 18.1. The number of likely N-dealkylation sites (tertiary alicyclic amines) is 1. The number of amides is 1. The van der Waals surface area contributed by atoms with E-state index in [4.69, 9.17) is 5.11 Å². The lowest BCUT2D eigenvalue weighted by Gasteiger charge is -2.36. The first-order valence-electron chi connectivity index (χ1n) is 10.1. The monoisotopic (exact) mass is 425 g/mol. The van der Waals surface area contributed by atoms with Gasteiger partial charge in [0.15, 0.2) is 0 Å². The maximum Gasteiger partial charge on any atom is 0.364 e. The lowest BCUT2D eigenvalue weighted by atomic mass is 9.97. The molecule has 1 heterocycles. The molecule has 2 atom stereocenters. The molecule has 1 unspecified atom stereocenters. The molecule has 0 aliphatic carbocycles. The Kier molecular flexibility index (Phi) is 10.8. The Balaban J connectivity index is 1.69. The van der Waals surface area contributed by atoms with Crippen LogP contribution in [0.5, 0.6) is 0 Å². The quantitative estimate of drug-likeness (QED) is 0.271. The van der Waals surface area contributed by atoms with Gasteiger partial charge in [-0.25, -0.2) is 4.79 Å². The highest BCUT2D eigenvalue weighted by molar-refractivity contribution is 8.13. The second-order valence-electron chi connectivity index (χ2n) is 7.12. The number of aliphatic hydroxyl groups excluding tert-OH is 1. The molecule has 1 amide bonds. The van der Waals surface area contributed by atoms with Gasteiger partial charge in [-0.2, -0.15) is 0 Å². The van der Waals surface area contributed by atoms with Crippen molar-refractivity contribution in [2.75, 3.05) is 12.3 Å². The standard InChI is InChI=1S/C21H31NO4S2/c23-19-12-8-9-17(13-14-20(24)28-18-10-4-3-5-11-18)22(19)15-6-1-2-7-16-27-21(25)26/h3-5,10-11,17,20,24H,1-2,6-9,12-16H2,(H,25,26)/t17-,20?/m1/s1. The molecule has 2 rings (SSSR count). The number of thioether (sulfide) groups is 2. The summed E-state index contributed by atoms with van der Waals surface area (Å²) in [4.78, 5) is 25.9. The van der Waals surface area contributed by atoms with Crippen molar-refractivity contribution in [2.24, 2.45) is 0 Å². The summed E-state index contributed by atoms with van der Waals surface area (Å²) in [7, 11) is 0. The van der Waals surface area contributed by atoms with Crippen LogP contribution in [-0.4, -0.2) is 50.1 Å². The predicted molar refractivity (Wildman–Crippen MR) is 116 cm³/mol. The maximum atomic E-state index is 12.4. The third kappa shape index (κ3) is 8.88. The van der Waals surface area contributed by atoms with Crippen molar-refractivity contribution in [1.82, 2.24) is 4.90 Å². The fourth-order valence-electron chi connectivity index (χ4n) is 3.55. The first-order valence-corrected chi connectivity index (χ1v) is 12.0. The molecular weight excluding hydrogens is 394 g/mol. The number of hydrogen-bond donors (Lipinski definition) is 2. The third-order valence-corrected chi connectivity index (χ3v) is 6.76. The number of carboxylic acid groups (broad SMARTS) is 1. The molecule has 0 radical (unpaired) electrons. The lowest BCUT2D eigenvalue weighted by Crippen LogP contribution is -2.44. The average molecular weight is 426 g/mol. The van der Waals surface area contributed by atoms with Gasteiger partial charge in [0.1, 0.15) is 5.44 Å². The number of carbonyl (C=O) groups excluding carboxylic acids is 1. The summed E-state index contributed by atoms with van der Waals surface area (Å²) in [6.07, 6.45) is 7.98. The van der Waals surface area contributed by atoms with Gasteiger partial charge < -0.3 is 15.1 Å². The summed E-state index contributed by atoms with van der Waals surface area (Å²) in [5.74, 6) is 0.889. The Morgan fingerprint density at radius 2 is 1.93 bits per heavy atom. The van der Waals surface area contributed by atoms with E-state index in [1.807, 2.05) is 35.2 Å². The normalized spacial score (nSPS) is 18.2. The minimum Gasteiger partial charge on any atom is -0.473 e. The van der Waals surface area contributed by atoms with E-state index in [0.29, 0.717) is 18.6 Å². The zero-order valence-electron chi connectivity index (χ0n) is 16.3. The number of nitrogens with zero attached hydrogens (tertiary/aromatic N) is 1. The van der Waals surface area contributed by atoms with E-state index in [-0.39, 0.29) is 11.9 Å². The number of piperidine rings is 1. The number of carbonyl (C=O) groups is 2. The van der Waals surface area contributed by atoms with Crippen LogP contribution in [0.25, 0.3) is 0 Å². The molecule has 0 saturated carbocycles. The first kappa shape index (κ1) is 23.1. The number of unbranched alkanes of at least 4 members (excludes halogenated alkanes) is 3. The van der Waals surface area contributed by atoms with E-state index in [9.17, 15) is 14.7 Å². The third-order valence-electron chi connectivity index (χ3n) is 4.97. The highest BCUT2D eigenvalue weighted by Crippen LogP contribution is 2.28. The fraction of sp³-hybridized carbons (Fsp3) is 0.619.